The number of rotatable bonds is 2. The van der Waals surface area contributed by atoms with E-state index in [2.05, 4.69) is 10.3 Å². The van der Waals surface area contributed by atoms with Gasteiger partial charge in [-0.25, -0.2) is 0 Å². The summed E-state index contributed by atoms with van der Waals surface area (Å²) in [7, 11) is 1.82. The van der Waals surface area contributed by atoms with Gasteiger partial charge in [-0.1, -0.05) is 11.6 Å². The molecule has 1 rings (SSSR count). The molecule has 0 aromatic carbocycles. The zero-order chi connectivity index (χ0) is 6.69. The minimum absolute atomic E-state index is 0.0972. The Labute approximate surface area is 59.2 Å². The highest BCUT2D eigenvalue weighted by Gasteiger charge is 2.02. The Morgan fingerprint density at radius 3 is 3.00 bits per heavy atom. The topological polar surface area (TPSA) is 27.8 Å². The summed E-state index contributed by atoms with van der Waals surface area (Å²) >= 11 is 5.79. The minimum Gasteiger partial charge on any atom is -0.363 e. The molecule has 9 heavy (non-hydrogen) atoms. The lowest BCUT2D eigenvalue weighted by atomic mass is 10.4. The summed E-state index contributed by atoms with van der Waals surface area (Å²) in [5.41, 5.74) is 0.902. The van der Waals surface area contributed by atoms with Crippen LogP contribution in [0.5, 0.6) is 0 Å². The van der Waals surface area contributed by atoms with E-state index in [1.807, 2.05) is 25.4 Å². The molecule has 0 saturated heterocycles. The van der Waals surface area contributed by atoms with Crippen molar-refractivity contribution in [2.24, 2.45) is 0 Å². The molecule has 50 valence electrons. The van der Waals surface area contributed by atoms with Gasteiger partial charge in [0, 0.05) is 11.9 Å². The number of hydrogen-bond donors (Lipinski definition) is 2. The van der Waals surface area contributed by atoms with Gasteiger partial charge in [0.2, 0.25) is 0 Å². The third-order valence-electron chi connectivity index (χ3n) is 1.15. The largest absolute Gasteiger partial charge is 0.363 e. The second-order valence-electron chi connectivity index (χ2n) is 1.78. The van der Waals surface area contributed by atoms with Crippen LogP contribution in [-0.4, -0.2) is 12.0 Å². The van der Waals surface area contributed by atoms with Crippen molar-refractivity contribution in [1.29, 1.82) is 0 Å². The molecular formula is C6H9ClN2. The van der Waals surface area contributed by atoms with E-state index in [0.29, 0.717) is 0 Å². The van der Waals surface area contributed by atoms with E-state index in [-0.39, 0.29) is 5.50 Å². The summed E-state index contributed by atoms with van der Waals surface area (Å²) in [6.45, 7) is 0. The molecule has 0 amide bonds. The van der Waals surface area contributed by atoms with Gasteiger partial charge in [0.15, 0.2) is 0 Å². The summed E-state index contributed by atoms with van der Waals surface area (Å²) in [5.74, 6) is 0. The molecule has 1 heterocycles. The van der Waals surface area contributed by atoms with Crippen LogP contribution in [0.2, 0.25) is 0 Å². The Bertz CT molecular complexity index is 160. The maximum absolute atomic E-state index is 5.79. The van der Waals surface area contributed by atoms with Crippen molar-refractivity contribution in [2.75, 3.05) is 7.05 Å². The summed E-state index contributed by atoms with van der Waals surface area (Å²) in [4.78, 5) is 2.99. The first-order chi connectivity index (χ1) is 4.34. The van der Waals surface area contributed by atoms with E-state index in [9.17, 15) is 0 Å². The predicted molar refractivity (Wildman–Crippen MR) is 38.4 cm³/mol. The monoisotopic (exact) mass is 144 g/mol. The Morgan fingerprint density at radius 1 is 1.78 bits per heavy atom. The van der Waals surface area contributed by atoms with Crippen LogP contribution in [0.3, 0.4) is 0 Å². The van der Waals surface area contributed by atoms with E-state index >= 15 is 0 Å². The van der Waals surface area contributed by atoms with Gasteiger partial charge >= 0.3 is 0 Å². The van der Waals surface area contributed by atoms with Crippen LogP contribution < -0.4 is 5.32 Å². The number of nitrogens with one attached hydrogen (secondary N) is 2. The van der Waals surface area contributed by atoms with Crippen LogP contribution in [0.25, 0.3) is 0 Å². The molecule has 0 bridgehead atoms. The molecular weight excluding hydrogens is 136 g/mol. The Balaban J connectivity index is 2.65. The SMILES string of the molecule is CNC(Cl)c1ccc[nH]1. The highest BCUT2D eigenvalue weighted by molar-refractivity contribution is 6.20. The molecule has 0 saturated carbocycles. The molecule has 0 aliphatic carbocycles. The van der Waals surface area contributed by atoms with Crippen LogP contribution in [0.1, 0.15) is 11.2 Å². The summed E-state index contributed by atoms with van der Waals surface area (Å²) in [5, 5.41) is 2.90. The molecule has 1 unspecified atom stereocenters. The molecule has 0 radical (unpaired) electrons. The van der Waals surface area contributed by atoms with Crippen LogP contribution in [0.4, 0.5) is 0 Å². The normalized spacial score (nSPS) is 13.6. The number of H-pyrrole nitrogens is 1. The number of halogens is 1. The van der Waals surface area contributed by atoms with Crippen LogP contribution in [-0.2, 0) is 0 Å². The molecule has 0 aliphatic heterocycles. The fourth-order valence-electron chi connectivity index (χ4n) is 0.657. The van der Waals surface area contributed by atoms with E-state index in [4.69, 9.17) is 11.6 Å². The van der Waals surface area contributed by atoms with Crippen LogP contribution in [0, 0.1) is 0 Å². The fourth-order valence-corrected chi connectivity index (χ4v) is 0.793. The van der Waals surface area contributed by atoms with Gasteiger partial charge in [-0.3, -0.25) is 5.32 Å². The first-order valence-corrected chi connectivity index (χ1v) is 3.23. The van der Waals surface area contributed by atoms with E-state index in [1.54, 1.807) is 0 Å². The smallest absolute Gasteiger partial charge is 0.123 e. The molecule has 1 atom stereocenters. The third-order valence-corrected chi connectivity index (χ3v) is 1.60. The van der Waals surface area contributed by atoms with Crippen molar-refractivity contribution in [3.8, 4) is 0 Å². The van der Waals surface area contributed by atoms with Gasteiger partial charge in [0.1, 0.15) is 5.50 Å². The van der Waals surface area contributed by atoms with Crippen LogP contribution >= 0.6 is 11.6 Å². The summed E-state index contributed by atoms with van der Waals surface area (Å²) in [6, 6.07) is 3.86. The van der Waals surface area contributed by atoms with E-state index < -0.39 is 0 Å². The second kappa shape index (κ2) is 2.90. The lowest BCUT2D eigenvalue weighted by molar-refractivity contribution is 0.764. The molecule has 1 aromatic heterocycles. The zero-order valence-corrected chi connectivity index (χ0v) is 5.94. The minimum atomic E-state index is -0.0972. The van der Waals surface area contributed by atoms with Crippen molar-refractivity contribution in [3.63, 3.8) is 0 Å². The molecule has 1 aromatic rings. The Hall–Kier alpha value is -0.470. The Morgan fingerprint density at radius 2 is 2.56 bits per heavy atom. The fraction of sp³-hybridized carbons (Fsp3) is 0.333. The lowest BCUT2D eigenvalue weighted by Gasteiger charge is -2.03. The molecule has 2 nitrogen and oxygen atoms in total. The molecule has 0 fully saturated rings. The molecule has 0 spiro atoms. The molecule has 2 N–H and O–H groups in total. The average molecular weight is 145 g/mol. The quantitative estimate of drug-likeness (QED) is 0.478. The lowest BCUT2D eigenvalue weighted by Crippen LogP contribution is -2.09. The second-order valence-corrected chi connectivity index (χ2v) is 2.21. The summed E-state index contributed by atoms with van der Waals surface area (Å²) < 4.78 is 0. The number of aromatic amines is 1. The van der Waals surface area contributed by atoms with Gasteiger partial charge < -0.3 is 4.98 Å². The zero-order valence-electron chi connectivity index (χ0n) is 5.19. The van der Waals surface area contributed by atoms with Crippen molar-refractivity contribution in [1.82, 2.24) is 10.3 Å². The van der Waals surface area contributed by atoms with Crippen molar-refractivity contribution < 1.29 is 0 Å². The average Bonchev–Trinajstić information content (AvgIpc) is 2.37. The molecule has 3 heteroatoms. The van der Waals surface area contributed by atoms with Gasteiger partial charge in [-0.15, -0.1) is 0 Å². The summed E-state index contributed by atoms with van der Waals surface area (Å²) in [6.07, 6.45) is 1.85. The molecule has 0 aliphatic rings. The standard InChI is InChI=1S/C6H9ClN2/c1-8-6(7)5-3-2-4-9-5/h2-4,6,8-9H,1H3. The highest BCUT2D eigenvalue weighted by atomic mass is 35.5. The van der Waals surface area contributed by atoms with Crippen LogP contribution in [0.15, 0.2) is 18.3 Å². The van der Waals surface area contributed by atoms with E-state index in [0.717, 1.165) is 5.69 Å². The first-order valence-electron chi connectivity index (χ1n) is 2.79. The Kier molecular flexibility index (Phi) is 2.14. The first kappa shape index (κ1) is 6.65. The van der Waals surface area contributed by atoms with Gasteiger partial charge in [0.25, 0.3) is 0 Å². The van der Waals surface area contributed by atoms with Gasteiger partial charge in [0.05, 0.1) is 0 Å². The number of aromatic nitrogens is 1. The third kappa shape index (κ3) is 1.47. The van der Waals surface area contributed by atoms with Crippen molar-refractivity contribution in [3.05, 3.63) is 24.0 Å². The van der Waals surface area contributed by atoms with Crippen molar-refractivity contribution in [2.45, 2.75) is 5.50 Å². The van der Waals surface area contributed by atoms with Gasteiger partial charge in [-0.2, -0.15) is 0 Å². The van der Waals surface area contributed by atoms with Crippen molar-refractivity contribution >= 4 is 11.6 Å². The number of hydrogen-bond acceptors (Lipinski definition) is 1. The number of alkyl halides is 1. The van der Waals surface area contributed by atoms with Gasteiger partial charge in [-0.05, 0) is 19.2 Å². The highest BCUT2D eigenvalue weighted by Crippen LogP contribution is 2.12. The predicted octanol–water partition coefficient (Wildman–Crippen LogP) is 1.47. The van der Waals surface area contributed by atoms with E-state index in [1.165, 1.54) is 0 Å². The maximum atomic E-state index is 5.79. The maximum Gasteiger partial charge on any atom is 0.123 e.